The number of methoxy groups -OCH3 is 1. The number of amides is 2. The monoisotopic (exact) mass is 476 g/mol. The van der Waals surface area contributed by atoms with Crippen LogP contribution in [-0.4, -0.2) is 58.4 Å². The van der Waals surface area contributed by atoms with E-state index in [9.17, 15) is 14.0 Å². The molecule has 180 valence electrons. The molecule has 2 amide bonds. The molecule has 10 heteroatoms. The van der Waals surface area contributed by atoms with Crippen molar-refractivity contribution in [1.82, 2.24) is 25.2 Å². The maximum absolute atomic E-state index is 14.4. The smallest absolute Gasteiger partial charge is 0.255 e. The molecule has 3 aromatic rings. The summed E-state index contributed by atoms with van der Waals surface area (Å²) in [4.78, 5) is 39.0. The van der Waals surface area contributed by atoms with Crippen LogP contribution >= 0.6 is 0 Å². The number of nitrogens with zero attached hydrogens (tertiary/aromatic N) is 3. The molecule has 1 aromatic carbocycles. The first-order valence-electron chi connectivity index (χ1n) is 11.3. The molecule has 0 atom stereocenters. The number of aromatic amines is 1. The van der Waals surface area contributed by atoms with Crippen LogP contribution in [0.3, 0.4) is 0 Å². The summed E-state index contributed by atoms with van der Waals surface area (Å²) in [5, 5.41) is 6.26. The average molecular weight is 477 g/mol. The highest BCUT2D eigenvalue weighted by Crippen LogP contribution is 2.46. The second-order valence-electron chi connectivity index (χ2n) is 8.66. The van der Waals surface area contributed by atoms with E-state index in [1.807, 2.05) is 0 Å². The molecule has 1 spiro atoms. The average Bonchev–Trinajstić information content (AvgIpc) is 3.28. The van der Waals surface area contributed by atoms with Gasteiger partial charge in [-0.25, -0.2) is 14.4 Å². The number of piperidine rings is 1. The van der Waals surface area contributed by atoms with Crippen molar-refractivity contribution in [2.24, 2.45) is 0 Å². The van der Waals surface area contributed by atoms with Gasteiger partial charge in [0.1, 0.15) is 6.33 Å². The molecule has 35 heavy (non-hydrogen) atoms. The van der Waals surface area contributed by atoms with E-state index in [1.54, 1.807) is 29.3 Å². The third-order valence-corrected chi connectivity index (χ3v) is 6.82. The molecule has 2 aromatic heterocycles. The number of halogens is 1. The number of H-pyrrole nitrogens is 1. The molecular formula is C25H25FN6O3. The zero-order chi connectivity index (χ0) is 24.6. The highest BCUT2D eigenvalue weighted by Gasteiger charge is 2.46. The Morgan fingerprint density at radius 1 is 1.31 bits per heavy atom. The molecule has 2 aliphatic rings. The van der Waals surface area contributed by atoms with E-state index in [1.165, 1.54) is 25.6 Å². The van der Waals surface area contributed by atoms with Crippen molar-refractivity contribution in [2.45, 2.75) is 18.3 Å². The molecule has 0 unspecified atom stereocenters. The van der Waals surface area contributed by atoms with Gasteiger partial charge in [0.25, 0.3) is 5.91 Å². The zero-order valence-electron chi connectivity index (χ0n) is 19.2. The van der Waals surface area contributed by atoms with Crippen molar-refractivity contribution in [3.63, 3.8) is 0 Å². The first-order valence-corrected chi connectivity index (χ1v) is 11.3. The van der Waals surface area contributed by atoms with Crippen molar-refractivity contribution < 1.29 is 18.7 Å². The number of rotatable bonds is 5. The van der Waals surface area contributed by atoms with Crippen LogP contribution in [0.25, 0.3) is 11.4 Å². The minimum Gasteiger partial charge on any atom is -0.492 e. The Kier molecular flexibility index (Phi) is 5.72. The van der Waals surface area contributed by atoms with Crippen molar-refractivity contribution in [3.05, 3.63) is 66.5 Å². The maximum Gasteiger partial charge on any atom is 0.255 e. The van der Waals surface area contributed by atoms with Crippen LogP contribution < -0.4 is 15.4 Å². The predicted octanol–water partition coefficient (Wildman–Crippen LogP) is 3.15. The fraction of sp³-hybridized carbons (Fsp3) is 0.280. The minimum absolute atomic E-state index is 0.0401. The summed E-state index contributed by atoms with van der Waals surface area (Å²) in [6.07, 6.45) is 5.68. The van der Waals surface area contributed by atoms with E-state index >= 15 is 0 Å². The number of para-hydroxylation sites is 1. The third kappa shape index (κ3) is 3.80. The van der Waals surface area contributed by atoms with Crippen LogP contribution in [0.15, 0.2) is 49.4 Å². The molecule has 9 nitrogen and oxygen atoms in total. The van der Waals surface area contributed by atoms with E-state index in [4.69, 9.17) is 4.74 Å². The molecule has 1 saturated heterocycles. The first kappa shape index (κ1) is 22.6. The lowest BCUT2D eigenvalue weighted by atomic mass is 9.72. The number of benzene rings is 1. The number of likely N-dealkylation sites (tertiary alicyclic amines) is 1. The SMILES string of the molecule is C=CC(=O)N1CCC2(CC1)CNC(=O)c1c2[nH]c(-c2ccncn2)c1Nc1cccc(F)c1OC. The molecule has 0 saturated carbocycles. The summed E-state index contributed by atoms with van der Waals surface area (Å²) >= 11 is 0. The lowest BCUT2D eigenvalue weighted by Crippen LogP contribution is -2.53. The summed E-state index contributed by atoms with van der Waals surface area (Å²) in [7, 11) is 1.39. The van der Waals surface area contributed by atoms with Gasteiger partial charge in [0, 0.05) is 36.9 Å². The van der Waals surface area contributed by atoms with Gasteiger partial charge in [-0.05, 0) is 37.1 Å². The molecule has 4 heterocycles. The van der Waals surface area contributed by atoms with Gasteiger partial charge in [-0.15, -0.1) is 0 Å². The second-order valence-corrected chi connectivity index (χ2v) is 8.66. The van der Waals surface area contributed by atoms with Gasteiger partial charge < -0.3 is 25.3 Å². The van der Waals surface area contributed by atoms with Crippen LogP contribution in [0, 0.1) is 5.82 Å². The van der Waals surface area contributed by atoms with E-state index in [2.05, 4.69) is 32.2 Å². The molecule has 5 rings (SSSR count). The number of fused-ring (bicyclic) bond motifs is 2. The highest BCUT2D eigenvalue weighted by atomic mass is 19.1. The molecule has 0 radical (unpaired) electrons. The Labute approximate surface area is 201 Å². The normalized spacial score (nSPS) is 16.4. The largest absolute Gasteiger partial charge is 0.492 e. The molecule has 0 bridgehead atoms. The van der Waals surface area contributed by atoms with Gasteiger partial charge in [0.15, 0.2) is 11.6 Å². The molecule has 2 aliphatic heterocycles. The van der Waals surface area contributed by atoms with E-state index < -0.39 is 11.2 Å². The summed E-state index contributed by atoms with van der Waals surface area (Å²) in [6, 6.07) is 6.29. The fourth-order valence-electron chi connectivity index (χ4n) is 4.97. The molecular weight excluding hydrogens is 451 g/mol. The lowest BCUT2D eigenvalue weighted by molar-refractivity contribution is -0.127. The van der Waals surface area contributed by atoms with Gasteiger partial charge in [0.05, 0.1) is 35.4 Å². The van der Waals surface area contributed by atoms with Gasteiger partial charge >= 0.3 is 0 Å². The molecule has 3 N–H and O–H groups in total. The maximum atomic E-state index is 14.4. The third-order valence-electron chi connectivity index (χ3n) is 6.82. The summed E-state index contributed by atoms with van der Waals surface area (Å²) in [5.74, 6) is -0.831. The van der Waals surface area contributed by atoms with Gasteiger partial charge in [-0.1, -0.05) is 12.6 Å². The highest BCUT2D eigenvalue weighted by molar-refractivity contribution is 6.06. The van der Waals surface area contributed by atoms with E-state index in [0.29, 0.717) is 60.8 Å². The lowest BCUT2D eigenvalue weighted by Gasteiger charge is -2.43. The van der Waals surface area contributed by atoms with Crippen molar-refractivity contribution in [1.29, 1.82) is 0 Å². The predicted molar refractivity (Wildman–Crippen MR) is 128 cm³/mol. The van der Waals surface area contributed by atoms with Crippen molar-refractivity contribution >= 4 is 23.2 Å². The number of hydrogen-bond donors (Lipinski definition) is 3. The van der Waals surface area contributed by atoms with Crippen LogP contribution in [0.1, 0.15) is 28.9 Å². The number of hydrogen-bond acceptors (Lipinski definition) is 6. The first-order chi connectivity index (χ1) is 17.0. The molecule has 0 aliphatic carbocycles. The van der Waals surface area contributed by atoms with Gasteiger partial charge in [-0.2, -0.15) is 0 Å². The number of ether oxygens (including phenoxy) is 1. The molecule has 1 fully saturated rings. The van der Waals surface area contributed by atoms with E-state index in [-0.39, 0.29) is 17.6 Å². The Morgan fingerprint density at radius 2 is 2.11 bits per heavy atom. The standard InChI is InChI=1S/C25H25FN6O3/c1-3-18(33)32-11-8-25(9-12-32)13-28-24(34)19-21(30-17-6-4-5-15(26)22(17)35-2)20(31-23(19)25)16-7-10-27-14-29-16/h3-7,10,14,30-31H,1,8-9,11-13H2,2H3,(H,28,34). The zero-order valence-corrected chi connectivity index (χ0v) is 19.2. The Morgan fingerprint density at radius 3 is 2.80 bits per heavy atom. The Bertz CT molecular complexity index is 1300. The van der Waals surface area contributed by atoms with Crippen molar-refractivity contribution in [3.8, 4) is 17.1 Å². The van der Waals surface area contributed by atoms with Crippen LogP contribution in [0.5, 0.6) is 5.75 Å². The van der Waals surface area contributed by atoms with E-state index in [0.717, 1.165) is 5.69 Å². The minimum atomic E-state index is -0.523. The summed E-state index contributed by atoms with van der Waals surface area (Å²) < 4.78 is 19.7. The van der Waals surface area contributed by atoms with Gasteiger partial charge in [0.2, 0.25) is 5.91 Å². The quantitative estimate of drug-likeness (QED) is 0.488. The number of anilines is 2. The number of carbonyl (C=O) groups is 2. The van der Waals surface area contributed by atoms with Crippen LogP contribution in [0.2, 0.25) is 0 Å². The number of aromatic nitrogens is 3. The van der Waals surface area contributed by atoms with Gasteiger partial charge in [-0.3, -0.25) is 9.59 Å². The second kappa shape index (κ2) is 8.86. The topological polar surface area (TPSA) is 112 Å². The summed E-state index contributed by atoms with van der Waals surface area (Å²) in [5.41, 5.74) is 2.85. The van der Waals surface area contributed by atoms with Crippen molar-refractivity contribution in [2.75, 3.05) is 32.1 Å². The van der Waals surface area contributed by atoms with Crippen LogP contribution in [0.4, 0.5) is 15.8 Å². The Hall–Kier alpha value is -4.21. The number of carbonyl (C=O) groups excluding carboxylic acids is 2. The Balaban J connectivity index is 1.64. The van der Waals surface area contributed by atoms with Crippen LogP contribution in [-0.2, 0) is 10.2 Å². The summed E-state index contributed by atoms with van der Waals surface area (Å²) in [6.45, 7) is 5.12. The number of nitrogens with one attached hydrogen (secondary N) is 3. The fourth-order valence-corrected chi connectivity index (χ4v) is 4.97.